The first-order valence-corrected chi connectivity index (χ1v) is 8.64. The van der Waals surface area contributed by atoms with Crippen LogP contribution in [0.2, 0.25) is 0 Å². The van der Waals surface area contributed by atoms with Crippen LogP contribution in [0.15, 0.2) is 64.8 Å². The predicted octanol–water partition coefficient (Wildman–Crippen LogP) is 0.917. The zero-order chi connectivity index (χ0) is 20.1. The minimum Gasteiger partial charge on any atom is -0.497 e. The second-order valence-electron chi connectivity index (χ2n) is 6.07. The summed E-state index contributed by atoms with van der Waals surface area (Å²) < 4.78 is 7.46. The molecular weight excluding hydrogens is 360 g/mol. The number of pyridine rings is 1. The molecule has 2 aromatic heterocycles. The number of amides is 1. The molecule has 1 amide bonds. The highest BCUT2D eigenvalue weighted by Gasteiger charge is 2.16. The van der Waals surface area contributed by atoms with Crippen LogP contribution in [0, 0.1) is 0 Å². The highest BCUT2D eigenvalue weighted by Crippen LogP contribution is 2.12. The van der Waals surface area contributed by atoms with E-state index in [0.717, 1.165) is 10.1 Å². The molecule has 3 aromatic rings. The molecule has 0 saturated heterocycles. The van der Waals surface area contributed by atoms with E-state index < -0.39 is 11.2 Å². The molecule has 1 N–H and O–H groups in total. The first kappa shape index (κ1) is 19.1. The number of carbonyl (C=O) groups excluding carboxylic acids is 1. The lowest BCUT2D eigenvalue weighted by Gasteiger charge is -2.13. The first-order chi connectivity index (χ1) is 13.5. The number of hydrogen-bond acceptors (Lipinski definition) is 5. The molecule has 3 rings (SSSR count). The number of aromatic nitrogens is 3. The van der Waals surface area contributed by atoms with Crippen LogP contribution in [-0.4, -0.2) is 33.7 Å². The maximum Gasteiger partial charge on any atom is 0.332 e. The lowest BCUT2D eigenvalue weighted by atomic mass is 10.2. The highest BCUT2D eigenvalue weighted by molar-refractivity contribution is 5.79. The maximum atomic E-state index is 13.0. The van der Waals surface area contributed by atoms with Crippen molar-refractivity contribution in [2.24, 2.45) is 0 Å². The third kappa shape index (κ3) is 3.85. The lowest BCUT2D eigenvalue weighted by molar-refractivity contribution is -0.121. The summed E-state index contributed by atoms with van der Waals surface area (Å²) in [4.78, 5) is 42.1. The lowest BCUT2D eigenvalue weighted by Crippen LogP contribution is -2.43. The minimum atomic E-state index is -0.574. The Balaban J connectivity index is 2.09. The molecular formula is C20H20N4O4. The Morgan fingerprint density at radius 1 is 1.21 bits per heavy atom. The number of benzene rings is 1. The molecule has 0 aliphatic heterocycles. The Kier molecular flexibility index (Phi) is 5.69. The van der Waals surface area contributed by atoms with Gasteiger partial charge in [0.25, 0.3) is 5.56 Å². The van der Waals surface area contributed by atoms with Gasteiger partial charge in [-0.3, -0.25) is 18.7 Å². The van der Waals surface area contributed by atoms with Gasteiger partial charge in [0.2, 0.25) is 5.91 Å². The molecule has 1 aromatic carbocycles. The Labute approximate surface area is 160 Å². The summed E-state index contributed by atoms with van der Waals surface area (Å²) in [6.45, 7) is 3.66. The molecule has 0 saturated carbocycles. The topological polar surface area (TPSA) is 95.2 Å². The molecule has 28 heavy (non-hydrogen) atoms. The smallest absolute Gasteiger partial charge is 0.332 e. The van der Waals surface area contributed by atoms with Gasteiger partial charge in [-0.2, -0.15) is 0 Å². The minimum absolute atomic E-state index is 0.0580. The molecule has 0 spiro atoms. The van der Waals surface area contributed by atoms with E-state index in [2.05, 4.69) is 16.9 Å². The van der Waals surface area contributed by atoms with Crippen molar-refractivity contribution in [1.82, 2.24) is 19.4 Å². The van der Waals surface area contributed by atoms with Gasteiger partial charge in [0, 0.05) is 12.7 Å². The highest BCUT2D eigenvalue weighted by atomic mass is 16.5. The predicted molar refractivity (Wildman–Crippen MR) is 106 cm³/mol. The molecule has 0 fully saturated rings. The van der Waals surface area contributed by atoms with Gasteiger partial charge < -0.3 is 10.1 Å². The summed E-state index contributed by atoms with van der Waals surface area (Å²) >= 11 is 0. The second kappa shape index (κ2) is 8.34. The molecule has 8 nitrogen and oxygen atoms in total. The summed E-state index contributed by atoms with van der Waals surface area (Å²) in [5.74, 6) is 0.314. The van der Waals surface area contributed by atoms with Crippen molar-refractivity contribution >= 4 is 16.9 Å². The fourth-order valence-electron chi connectivity index (χ4n) is 2.83. The zero-order valence-corrected chi connectivity index (χ0v) is 15.4. The van der Waals surface area contributed by atoms with Gasteiger partial charge >= 0.3 is 5.69 Å². The molecule has 0 aliphatic rings. The fraction of sp³-hybridized carbons (Fsp3) is 0.200. The third-order valence-electron chi connectivity index (χ3n) is 4.23. The molecule has 8 heteroatoms. The van der Waals surface area contributed by atoms with Crippen molar-refractivity contribution in [3.8, 4) is 5.75 Å². The van der Waals surface area contributed by atoms with Crippen LogP contribution in [0.4, 0.5) is 0 Å². The van der Waals surface area contributed by atoms with E-state index in [1.54, 1.807) is 49.6 Å². The normalized spacial score (nSPS) is 10.6. The Morgan fingerprint density at radius 2 is 1.96 bits per heavy atom. The van der Waals surface area contributed by atoms with Crippen molar-refractivity contribution in [1.29, 1.82) is 0 Å². The number of hydrogen-bond donors (Lipinski definition) is 1. The fourth-order valence-corrected chi connectivity index (χ4v) is 2.83. The quantitative estimate of drug-likeness (QED) is 0.615. The average Bonchev–Trinajstić information content (AvgIpc) is 2.73. The summed E-state index contributed by atoms with van der Waals surface area (Å²) in [5.41, 5.74) is 0.122. The molecule has 0 atom stereocenters. The summed E-state index contributed by atoms with van der Waals surface area (Å²) in [6, 6.07) is 10.3. The maximum absolute atomic E-state index is 13.0. The van der Waals surface area contributed by atoms with Crippen LogP contribution in [0.1, 0.15) is 5.56 Å². The van der Waals surface area contributed by atoms with E-state index in [9.17, 15) is 14.4 Å². The van der Waals surface area contributed by atoms with Crippen LogP contribution in [0.3, 0.4) is 0 Å². The van der Waals surface area contributed by atoms with Crippen molar-refractivity contribution in [2.45, 2.75) is 13.1 Å². The standard InChI is InChI=1S/C20H20N4O4/c1-3-10-21-17(25)13-23-16-5-4-11-22-18(16)19(26)24(20(23)27)12-14-6-8-15(28-2)9-7-14/h3-9,11H,1,10,12-13H2,2H3,(H,21,25). The largest absolute Gasteiger partial charge is 0.497 e. The molecule has 2 heterocycles. The Morgan fingerprint density at radius 3 is 2.64 bits per heavy atom. The van der Waals surface area contributed by atoms with Crippen LogP contribution in [0.25, 0.3) is 11.0 Å². The van der Waals surface area contributed by atoms with E-state index in [1.807, 2.05) is 0 Å². The molecule has 0 unspecified atom stereocenters. The monoisotopic (exact) mass is 380 g/mol. The van der Waals surface area contributed by atoms with E-state index >= 15 is 0 Å². The number of ether oxygens (including phenoxy) is 1. The summed E-state index contributed by atoms with van der Waals surface area (Å²) in [7, 11) is 1.56. The summed E-state index contributed by atoms with van der Waals surface area (Å²) in [6.07, 6.45) is 3.03. The van der Waals surface area contributed by atoms with E-state index in [0.29, 0.717) is 11.3 Å². The van der Waals surface area contributed by atoms with E-state index in [-0.39, 0.29) is 31.1 Å². The van der Waals surface area contributed by atoms with Gasteiger partial charge in [0.05, 0.1) is 19.2 Å². The zero-order valence-electron chi connectivity index (χ0n) is 15.4. The van der Waals surface area contributed by atoms with E-state index in [1.165, 1.54) is 10.8 Å². The number of nitrogens with one attached hydrogen (secondary N) is 1. The third-order valence-corrected chi connectivity index (χ3v) is 4.23. The van der Waals surface area contributed by atoms with Gasteiger partial charge in [-0.25, -0.2) is 9.78 Å². The second-order valence-corrected chi connectivity index (χ2v) is 6.07. The molecule has 0 radical (unpaired) electrons. The van der Waals surface area contributed by atoms with Gasteiger partial charge in [-0.1, -0.05) is 18.2 Å². The van der Waals surface area contributed by atoms with Gasteiger partial charge in [0.1, 0.15) is 12.3 Å². The first-order valence-electron chi connectivity index (χ1n) is 8.64. The van der Waals surface area contributed by atoms with Crippen LogP contribution < -0.4 is 21.3 Å². The van der Waals surface area contributed by atoms with Crippen molar-refractivity contribution in [3.63, 3.8) is 0 Å². The van der Waals surface area contributed by atoms with Gasteiger partial charge in [-0.15, -0.1) is 6.58 Å². The van der Waals surface area contributed by atoms with Crippen molar-refractivity contribution < 1.29 is 9.53 Å². The van der Waals surface area contributed by atoms with Gasteiger partial charge in [-0.05, 0) is 29.8 Å². The summed E-state index contributed by atoms with van der Waals surface area (Å²) in [5, 5.41) is 2.63. The van der Waals surface area contributed by atoms with Crippen LogP contribution in [-0.2, 0) is 17.9 Å². The Hall–Kier alpha value is -3.68. The molecule has 0 bridgehead atoms. The van der Waals surface area contributed by atoms with Crippen molar-refractivity contribution in [2.75, 3.05) is 13.7 Å². The SMILES string of the molecule is C=CCNC(=O)Cn1c(=O)n(Cc2ccc(OC)cc2)c(=O)c2ncccc21. The average molecular weight is 380 g/mol. The number of nitrogens with zero attached hydrogens (tertiary/aromatic N) is 3. The number of methoxy groups -OCH3 is 1. The van der Waals surface area contributed by atoms with Gasteiger partial charge in [0.15, 0.2) is 5.52 Å². The molecule has 144 valence electrons. The molecule has 0 aliphatic carbocycles. The number of rotatable bonds is 7. The van der Waals surface area contributed by atoms with Crippen molar-refractivity contribution in [3.05, 3.63) is 81.7 Å². The number of carbonyl (C=O) groups is 1. The Bertz CT molecular complexity index is 1130. The van der Waals surface area contributed by atoms with E-state index in [4.69, 9.17) is 4.74 Å². The van der Waals surface area contributed by atoms with Crippen LogP contribution in [0.5, 0.6) is 5.75 Å². The number of fused-ring (bicyclic) bond motifs is 1. The van der Waals surface area contributed by atoms with Crippen LogP contribution >= 0.6 is 0 Å².